The number of benzene rings is 1. The van der Waals surface area contributed by atoms with Crippen LogP contribution in [0.25, 0.3) is 0 Å². The first-order valence-electron chi connectivity index (χ1n) is 10.4. The number of methoxy groups -OCH3 is 1. The first-order valence-corrected chi connectivity index (χ1v) is 10.4. The molecular formula is C22H32N2O. The Kier molecular flexibility index (Phi) is 4.25. The molecule has 0 spiro atoms. The smallest absolute Gasteiger partial charge is 0.119 e. The summed E-state index contributed by atoms with van der Waals surface area (Å²) in [6.45, 7) is 6.06. The molecule has 0 N–H and O–H groups in total. The van der Waals surface area contributed by atoms with Gasteiger partial charge >= 0.3 is 0 Å². The van der Waals surface area contributed by atoms with Gasteiger partial charge in [-0.1, -0.05) is 12.1 Å². The molecular weight excluding hydrogens is 308 g/mol. The lowest BCUT2D eigenvalue weighted by molar-refractivity contribution is -0.0769. The highest BCUT2D eigenvalue weighted by atomic mass is 16.5. The summed E-state index contributed by atoms with van der Waals surface area (Å²) in [5.41, 5.74) is 1.38. The van der Waals surface area contributed by atoms with E-state index in [4.69, 9.17) is 4.74 Å². The zero-order valence-electron chi connectivity index (χ0n) is 15.6. The van der Waals surface area contributed by atoms with Gasteiger partial charge in [0.25, 0.3) is 0 Å². The van der Waals surface area contributed by atoms with Gasteiger partial charge in [0.1, 0.15) is 5.75 Å². The van der Waals surface area contributed by atoms with E-state index in [9.17, 15) is 0 Å². The highest BCUT2D eigenvalue weighted by molar-refractivity contribution is 5.28. The summed E-state index contributed by atoms with van der Waals surface area (Å²) in [4.78, 5) is 5.51. The minimum absolute atomic E-state index is 0.923. The molecule has 1 aromatic rings. The first kappa shape index (κ1) is 16.1. The molecule has 25 heavy (non-hydrogen) atoms. The van der Waals surface area contributed by atoms with Gasteiger partial charge in [0.2, 0.25) is 0 Å². The van der Waals surface area contributed by atoms with Crippen molar-refractivity contribution in [1.29, 1.82) is 0 Å². The van der Waals surface area contributed by atoms with E-state index in [0.29, 0.717) is 0 Å². The fourth-order valence-electron chi connectivity index (χ4n) is 6.74. The second-order valence-corrected chi connectivity index (χ2v) is 9.08. The predicted molar refractivity (Wildman–Crippen MR) is 101 cm³/mol. The Balaban J connectivity index is 1.19. The van der Waals surface area contributed by atoms with E-state index in [0.717, 1.165) is 42.0 Å². The van der Waals surface area contributed by atoms with Crippen molar-refractivity contribution in [2.75, 3.05) is 33.3 Å². The third kappa shape index (κ3) is 3.10. The highest BCUT2D eigenvalue weighted by Crippen LogP contribution is 2.55. The quantitative estimate of drug-likeness (QED) is 0.832. The molecule has 4 saturated carbocycles. The summed E-state index contributed by atoms with van der Waals surface area (Å²) in [5.74, 6) is 5.22. The summed E-state index contributed by atoms with van der Waals surface area (Å²) in [7, 11) is 1.75. The normalized spacial score (nSPS) is 38.2. The zero-order valence-corrected chi connectivity index (χ0v) is 15.6. The van der Waals surface area contributed by atoms with E-state index in [-0.39, 0.29) is 0 Å². The van der Waals surface area contributed by atoms with Crippen LogP contribution in [0, 0.1) is 23.7 Å². The average molecular weight is 341 g/mol. The summed E-state index contributed by atoms with van der Waals surface area (Å²) in [6.07, 6.45) is 7.74. The van der Waals surface area contributed by atoms with Crippen LogP contribution in [0.1, 0.15) is 37.7 Å². The van der Waals surface area contributed by atoms with Crippen molar-refractivity contribution in [3.63, 3.8) is 0 Å². The van der Waals surface area contributed by atoms with Gasteiger partial charge in [-0.25, -0.2) is 0 Å². The van der Waals surface area contributed by atoms with Crippen LogP contribution in [-0.4, -0.2) is 49.1 Å². The largest absolute Gasteiger partial charge is 0.497 e. The topological polar surface area (TPSA) is 15.7 Å². The molecule has 5 aliphatic rings. The number of ether oxygens (including phenoxy) is 1. The second kappa shape index (κ2) is 6.59. The van der Waals surface area contributed by atoms with Crippen LogP contribution in [0.2, 0.25) is 0 Å². The van der Waals surface area contributed by atoms with Crippen molar-refractivity contribution in [3.8, 4) is 5.75 Å². The van der Waals surface area contributed by atoms with Crippen molar-refractivity contribution in [2.24, 2.45) is 23.7 Å². The maximum atomic E-state index is 5.37. The van der Waals surface area contributed by atoms with E-state index in [2.05, 4.69) is 28.0 Å². The van der Waals surface area contributed by atoms with Crippen LogP contribution in [-0.2, 0) is 6.54 Å². The molecule has 1 aliphatic heterocycles. The number of hydrogen-bond donors (Lipinski definition) is 0. The van der Waals surface area contributed by atoms with Crippen LogP contribution in [0.5, 0.6) is 5.75 Å². The number of nitrogens with zero attached hydrogens (tertiary/aromatic N) is 2. The highest BCUT2D eigenvalue weighted by Gasteiger charge is 2.50. The Bertz CT molecular complexity index is 580. The van der Waals surface area contributed by atoms with Crippen LogP contribution in [0.15, 0.2) is 24.3 Å². The van der Waals surface area contributed by atoms with Gasteiger partial charge in [0.15, 0.2) is 0 Å². The fraction of sp³-hybridized carbons (Fsp3) is 0.727. The zero-order chi connectivity index (χ0) is 16.8. The first-order chi connectivity index (χ1) is 12.3. The van der Waals surface area contributed by atoms with Gasteiger partial charge in [-0.05, 0) is 73.5 Å². The lowest BCUT2D eigenvalue weighted by Gasteiger charge is -2.58. The van der Waals surface area contributed by atoms with E-state index in [1.807, 2.05) is 6.07 Å². The number of piperazine rings is 1. The third-order valence-electron chi connectivity index (χ3n) is 7.55. The van der Waals surface area contributed by atoms with Crippen LogP contribution >= 0.6 is 0 Å². The maximum absolute atomic E-state index is 5.37. The molecule has 0 radical (unpaired) electrons. The molecule has 5 fully saturated rings. The van der Waals surface area contributed by atoms with Gasteiger partial charge in [-0.3, -0.25) is 9.80 Å². The predicted octanol–water partition coefficient (Wildman–Crippen LogP) is 3.64. The molecule has 4 aliphatic carbocycles. The number of hydrogen-bond acceptors (Lipinski definition) is 3. The van der Waals surface area contributed by atoms with Gasteiger partial charge in [-0.2, -0.15) is 0 Å². The van der Waals surface area contributed by atoms with Crippen molar-refractivity contribution < 1.29 is 4.74 Å². The molecule has 0 aromatic heterocycles. The molecule has 4 bridgehead atoms. The van der Waals surface area contributed by atoms with Crippen LogP contribution < -0.4 is 4.74 Å². The Hall–Kier alpha value is -1.06. The van der Waals surface area contributed by atoms with Gasteiger partial charge in [-0.15, -0.1) is 0 Å². The lowest BCUT2D eigenvalue weighted by atomic mass is 9.54. The Morgan fingerprint density at radius 3 is 2.24 bits per heavy atom. The molecule has 1 heterocycles. The third-order valence-corrected chi connectivity index (χ3v) is 7.55. The standard InChI is InChI=1S/C22H32N2O/c1-25-21-4-2-3-16(14-21)15-23-5-7-24(8-6-23)22-19-10-17-9-18(12-19)13-20(22)11-17/h2-4,14,17-20,22H,5-13,15H2,1H3. The molecule has 136 valence electrons. The van der Waals surface area contributed by atoms with Crippen LogP contribution in [0.3, 0.4) is 0 Å². The molecule has 6 rings (SSSR count). The fourth-order valence-corrected chi connectivity index (χ4v) is 6.74. The lowest BCUT2D eigenvalue weighted by Crippen LogP contribution is -2.60. The average Bonchev–Trinajstić information content (AvgIpc) is 2.62. The van der Waals surface area contributed by atoms with Crippen molar-refractivity contribution in [3.05, 3.63) is 29.8 Å². The minimum atomic E-state index is 0.923. The van der Waals surface area contributed by atoms with Crippen molar-refractivity contribution in [1.82, 2.24) is 9.80 Å². The summed E-state index contributed by atoms with van der Waals surface area (Å²) < 4.78 is 5.37. The van der Waals surface area contributed by atoms with Gasteiger partial charge in [0, 0.05) is 38.8 Å². The minimum Gasteiger partial charge on any atom is -0.497 e. The van der Waals surface area contributed by atoms with E-state index >= 15 is 0 Å². The Labute approximate surface area is 152 Å². The maximum Gasteiger partial charge on any atom is 0.119 e. The molecule has 0 atom stereocenters. The van der Waals surface area contributed by atoms with Gasteiger partial charge in [0.05, 0.1) is 7.11 Å². The van der Waals surface area contributed by atoms with E-state index < -0.39 is 0 Å². The monoisotopic (exact) mass is 340 g/mol. The van der Waals surface area contributed by atoms with Crippen molar-refractivity contribution >= 4 is 0 Å². The second-order valence-electron chi connectivity index (χ2n) is 9.08. The van der Waals surface area contributed by atoms with E-state index in [1.165, 1.54) is 31.7 Å². The molecule has 3 heteroatoms. The number of rotatable bonds is 4. The summed E-state index contributed by atoms with van der Waals surface area (Å²) >= 11 is 0. The summed E-state index contributed by atoms with van der Waals surface area (Å²) in [6, 6.07) is 9.48. The van der Waals surface area contributed by atoms with E-state index in [1.54, 1.807) is 39.2 Å². The molecule has 3 nitrogen and oxygen atoms in total. The Morgan fingerprint density at radius 1 is 0.920 bits per heavy atom. The molecule has 1 saturated heterocycles. The molecule has 0 unspecified atom stereocenters. The van der Waals surface area contributed by atoms with Crippen molar-refractivity contribution in [2.45, 2.75) is 44.7 Å². The Morgan fingerprint density at radius 2 is 1.60 bits per heavy atom. The van der Waals surface area contributed by atoms with Gasteiger partial charge < -0.3 is 4.74 Å². The molecule has 1 aromatic carbocycles. The van der Waals surface area contributed by atoms with Crippen LogP contribution in [0.4, 0.5) is 0 Å². The summed E-state index contributed by atoms with van der Waals surface area (Å²) in [5, 5.41) is 0. The SMILES string of the molecule is COc1cccc(CN2CCN(C3C4CC5CC(C4)CC3C5)CC2)c1. The molecule has 0 amide bonds.